The van der Waals surface area contributed by atoms with E-state index in [0.29, 0.717) is 17.3 Å². The zero-order valence-electron chi connectivity index (χ0n) is 16.1. The van der Waals surface area contributed by atoms with E-state index in [-0.39, 0.29) is 5.91 Å². The van der Waals surface area contributed by atoms with Crippen LogP contribution in [0.15, 0.2) is 55.1 Å². The number of nitrogens with zero attached hydrogens (tertiary/aromatic N) is 4. The van der Waals surface area contributed by atoms with Crippen LogP contribution in [-0.4, -0.2) is 38.4 Å². The number of rotatable bonds is 4. The van der Waals surface area contributed by atoms with Crippen LogP contribution in [0.3, 0.4) is 0 Å². The van der Waals surface area contributed by atoms with Crippen molar-refractivity contribution in [3.8, 4) is 11.1 Å². The topological polar surface area (TPSA) is 77.0 Å². The van der Waals surface area contributed by atoms with Gasteiger partial charge < -0.3 is 15.2 Å². The van der Waals surface area contributed by atoms with Gasteiger partial charge in [0.15, 0.2) is 0 Å². The smallest absolute Gasteiger partial charge is 0.253 e. The molecule has 0 bridgehead atoms. The second kappa shape index (κ2) is 7.84. The number of carbonyl (C=O) groups excluding carboxylic acids is 1. The van der Waals surface area contributed by atoms with Gasteiger partial charge in [0.05, 0.1) is 6.33 Å². The largest absolute Gasteiger partial charge is 0.383 e. The first-order chi connectivity index (χ1) is 13.6. The van der Waals surface area contributed by atoms with Crippen LogP contribution in [0.2, 0.25) is 0 Å². The van der Waals surface area contributed by atoms with Crippen LogP contribution in [0.5, 0.6) is 0 Å². The fraction of sp³-hybridized carbons (Fsp3) is 0.318. The normalized spacial score (nSPS) is 16.9. The summed E-state index contributed by atoms with van der Waals surface area (Å²) in [5.74, 6) is 1.02. The average Bonchev–Trinajstić information content (AvgIpc) is 3.21. The first-order valence-electron chi connectivity index (χ1n) is 9.69. The molecule has 6 nitrogen and oxygen atoms in total. The fourth-order valence-electron chi connectivity index (χ4n) is 3.91. The van der Waals surface area contributed by atoms with Gasteiger partial charge in [-0.3, -0.25) is 4.79 Å². The molecule has 0 aliphatic carbocycles. The van der Waals surface area contributed by atoms with Gasteiger partial charge in [0.2, 0.25) is 0 Å². The van der Waals surface area contributed by atoms with E-state index in [9.17, 15) is 4.79 Å². The molecule has 0 radical (unpaired) electrons. The number of carbonyl (C=O) groups is 1. The van der Waals surface area contributed by atoms with Gasteiger partial charge in [-0.1, -0.05) is 12.1 Å². The van der Waals surface area contributed by atoms with Gasteiger partial charge >= 0.3 is 0 Å². The lowest BCUT2D eigenvalue weighted by Gasteiger charge is -2.33. The first kappa shape index (κ1) is 18.2. The molecule has 4 rings (SSSR count). The Hall–Kier alpha value is -3.15. The lowest BCUT2D eigenvalue weighted by Crippen LogP contribution is -2.41. The van der Waals surface area contributed by atoms with Crippen LogP contribution in [0.4, 0.5) is 5.82 Å². The van der Waals surface area contributed by atoms with Gasteiger partial charge in [0.25, 0.3) is 5.91 Å². The number of pyridine rings is 1. The lowest BCUT2D eigenvalue weighted by atomic mass is 9.96. The number of amides is 1. The molecule has 1 atom stereocenters. The number of nitrogen functional groups attached to an aromatic ring is 1. The Kier molecular flexibility index (Phi) is 5.10. The maximum absolute atomic E-state index is 13.1. The standard InChI is InChI=1S/C22H25N5O/c1-16-7-8-20(21(23)25-16)18-5-2-6-19(12-18)22(28)27-10-3-4-17(14-27)13-26-11-9-24-15-26/h2,5-9,11-12,15,17H,3-4,10,13-14H2,1H3,(H2,23,25)/t17-/m0/s1. The highest BCUT2D eigenvalue weighted by atomic mass is 16.2. The van der Waals surface area contributed by atoms with Crippen LogP contribution < -0.4 is 5.73 Å². The van der Waals surface area contributed by atoms with Crippen LogP contribution >= 0.6 is 0 Å². The third-order valence-corrected chi connectivity index (χ3v) is 5.32. The summed E-state index contributed by atoms with van der Waals surface area (Å²) in [5.41, 5.74) is 9.44. The van der Waals surface area contributed by atoms with E-state index in [1.165, 1.54) is 0 Å². The van der Waals surface area contributed by atoms with E-state index in [4.69, 9.17) is 5.73 Å². The molecule has 0 unspecified atom stereocenters. The summed E-state index contributed by atoms with van der Waals surface area (Å²) in [6.45, 7) is 4.39. The summed E-state index contributed by atoms with van der Waals surface area (Å²) < 4.78 is 2.09. The highest BCUT2D eigenvalue weighted by molar-refractivity contribution is 5.96. The number of likely N-dealkylation sites (tertiary alicyclic amines) is 1. The highest BCUT2D eigenvalue weighted by Gasteiger charge is 2.25. The van der Waals surface area contributed by atoms with Crippen molar-refractivity contribution in [2.45, 2.75) is 26.3 Å². The number of imidazole rings is 1. The summed E-state index contributed by atoms with van der Waals surface area (Å²) in [5, 5.41) is 0. The molecule has 1 aliphatic heterocycles. The Balaban J connectivity index is 1.51. The van der Waals surface area contributed by atoms with Crippen molar-refractivity contribution in [1.29, 1.82) is 0 Å². The van der Waals surface area contributed by atoms with Gasteiger partial charge in [0, 0.05) is 48.8 Å². The minimum atomic E-state index is 0.0795. The molecule has 2 N–H and O–H groups in total. The molecule has 28 heavy (non-hydrogen) atoms. The van der Waals surface area contributed by atoms with Crippen LogP contribution in [0.1, 0.15) is 28.9 Å². The van der Waals surface area contributed by atoms with Gasteiger partial charge in [0.1, 0.15) is 5.82 Å². The second-order valence-corrected chi connectivity index (χ2v) is 7.49. The molecule has 3 aromatic rings. The van der Waals surface area contributed by atoms with E-state index in [2.05, 4.69) is 14.5 Å². The third-order valence-electron chi connectivity index (χ3n) is 5.32. The summed E-state index contributed by atoms with van der Waals surface area (Å²) in [6, 6.07) is 11.6. The molecule has 1 aromatic carbocycles. The number of nitrogens with two attached hydrogens (primary N) is 1. The monoisotopic (exact) mass is 375 g/mol. The SMILES string of the molecule is Cc1ccc(-c2cccc(C(=O)N3CCC[C@@H](Cn4ccnc4)C3)c2)c(N)n1. The second-order valence-electron chi connectivity index (χ2n) is 7.49. The molecule has 1 aliphatic rings. The lowest BCUT2D eigenvalue weighted by molar-refractivity contribution is 0.0662. The maximum atomic E-state index is 13.1. The van der Waals surface area contributed by atoms with Crippen LogP contribution in [0, 0.1) is 12.8 Å². The first-order valence-corrected chi connectivity index (χ1v) is 9.69. The number of anilines is 1. The van der Waals surface area contributed by atoms with Crippen LogP contribution in [0.25, 0.3) is 11.1 Å². The van der Waals surface area contributed by atoms with Crippen molar-refractivity contribution in [2.75, 3.05) is 18.8 Å². The van der Waals surface area contributed by atoms with Crippen molar-refractivity contribution in [3.05, 3.63) is 66.4 Å². The van der Waals surface area contributed by atoms with Crippen molar-refractivity contribution in [2.24, 2.45) is 5.92 Å². The predicted molar refractivity (Wildman–Crippen MR) is 110 cm³/mol. The zero-order valence-corrected chi connectivity index (χ0v) is 16.1. The van der Waals surface area contributed by atoms with Crippen LogP contribution in [-0.2, 0) is 6.54 Å². The molecule has 144 valence electrons. The Morgan fingerprint density at radius 3 is 2.96 bits per heavy atom. The molecular formula is C22H25N5O. The molecule has 1 fully saturated rings. The molecule has 0 spiro atoms. The summed E-state index contributed by atoms with van der Waals surface area (Å²) >= 11 is 0. The fourth-order valence-corrected chi connectivity index (χ4v) is 3.91. The Morgan fingerprint density at radius 1 is 1.29 bits per heavy atom. The number of hydrogen-bond donors (Lipinski definition) is 1. The Morgan fingerprint density at radius 2 is 2.18 bits per heavy atom. The molecule has 1 amide bonds. The van der Waals surface area contributed by atoms with E-state index in [0.717, 1.165) is 49.3 Å². The summed E-state index contributed by atoms with van der Waals surface area (Å²) in [7, 11) is 0. The molecule has 1 saturated heterocycles. The third kappa shape index (κ3) is 3.91. The molecule has 6 heteroatoms. The Labute approximate surface area is 165 Å². The number of benzene rings is 1. The maximum Gasteiger partial charge on any atom is 0.253 e. The van der Waals surface area contributed by atoms with E-state index in [1.54, 1.807) is 6.20 Å². The molecule has 2 aromatic heterocycles. The van der Waals surface area contributed by atoms with E-state index < -0.39 is 0 Å². The Bertz CT molecular complexity index is 967. The van der Waals surface area contributed by atoms with E-state index >= 15 is 0 Å². The minimum absolute atomic E-state index is 0.0795. The van der Waals surface area contributed by atoms with Crippen molar-refractivity contribution < 1.29 is 4.79 Å². The van der Waals surface area contributed by atoms with Gasteiger partial charge in [-0.2, -0.15) is 0 Å². The minimum Gasteiger partial charge on any atom is -0.383 e. The summed E-state index contributed by atoms with van der Waals surface area (Å²) in [6.07, 6.45) is 7.77. The zero-order chi connectivity index (χ0) is 19.5. The van der Waals surface area contributed by atoms with Crippen molar-refractivity contribution in [3.63, 3.8) is 0 Å². The molecule has 0 saturated carbocycles. The molecule has 3 heterocycles. The quantitative estimate of drug-likeness (QED) is 0.758. The van der Waals surface area contributed by atoms with E-state index in [1.807, 2.05) is 60.7 Å². The number of aryl methyl sites for hydroxylation is 1. The van der Waals surface area contributed by atoms with Gasteiger partial charge in [-0.25, -0.2) is 9.97 Å². The van der Waals surface area contributed by atoms with Gasteiger partial charge in [-0.15, -0.1) is 0 Å². The summed E-state index contributed by atoms with van der Waals surface area (Å²) in [4.78, 5) is 23.5. The van der Waals surface area contributed by atoms with Crippen molar-refractivity contribution in [1.82, 2.24) is 19.4 Å². The number of aromatic nitrogens is 3. The number of hydrogen-bond acceptors (Lipinski definition) is 4. The highest BCUT2D eigenvalue weighted by Crippen LogP contribution is 2.27. The molecular weight excluding hydrogens is 350 g/mol. The average molecular weight is 375 g/mol. The predicted octanol–water partition coefficient (Wildman–Crippen LogP) is 3.39. The van der Waals surface area contributed by atoms with Crippen molar-refractivity contribution >= 4 is 11.7 Å². The van der Waals surface area contributed by atoms with Gasteiger partial charge in [-0.05, 0) is 55.5 Å². The number of piperidine rings is 1.